The number of rotatable bonds is 6. The van der Waals surface area contributed by atoms with Crippen LogP contribution in [0.15, 0.2) is 24.3 Å². The minimum absolute atomic E-state index is 0. The Hall–Kier alpha value is -1.63. The summed E-state index contributed by atoms with van der Waals surface area (Å²) in [6.45, 7) is 9.39. The maximum absolute atomic E-state index is 12.7. The lowest BCUT2D eigenvalue weighted by Gasteiger charge is -2.35. The molecule has 0 saturated carbocycles. The molecular weight excluding hydrogens is 366 g/mol. The van der Waals surface area contributed by atoms with Gasteiger partial charge in [0.1, 0.15) is 0 Å². The summed E-state index contributed by atoms with van der Waals surface area (Å²) in [4.78, 5) is 27.1. The van der Waals surface area contributed by atoms with Crippen molar-refractivity contribution in [3.05, 3.63) is 29.8 Å². The first-order valence-corrected chi connectivity index (χ1v) is 9.41. The molecule has 0 aromatic heterocycles. The second-order valence-electron chi connectivity index (χ2n) is 7.19. The van der Waals surface area contributed by atoms with E-state index in [4.69, 9.17) is 10.5 Å². The first kappa shape index (κ1) is 23.4. The molecule has 1 heterocycles. The van der Waals surface area contributed by atoms with Crippen LogP contribution in [0.2, 0.25) is 0 Å². The number of nitrogens with two attached hydrogens (primary N) is 1. The Morgan fingerprint density at radius 1 is 1.15 bits per heavy atom. The maximum Gasteiger partial charge on any atom is 0.254 e. The summed E-state index contributed by atoms with van der Waals surface area (Å²) in [5, 5.41) is 2.93. The monoisotopic (exact) mass is 397 g/mol. The standard InChI is InChI=1S/C20H31N3O3.ClH/c1-5-20(6-2,13-21)19(25)22-17-9-7-16(8-10-17)18(24)23-11-14(3)26-15(4)12-23;/h7-10,14-15H,5-6,11-13,21H2,1-4H3,(H,22,25);1H. The van der Waals surface area contributed by atoms with E-state index in [2.05, 4.69) is 5.32 Å². The third-order valence-corrected chi connectivity index (χ3v) is 5.32. The van der Waals surface area contributed by atoms with E-state index in [0.29, 0.717) is 43.7 Å². The lowest BCUT2D eigenvalue weighted by Crippen LogP contribution is -2.48. The summed E-state index contributed by atoms with van der Waals surface area (Å²) < 4.78 is 5.68. The highest BCUT2D eigenvalue weighted by Gasteiger charge is 2.33. The van der Waals surface area contributed by atoms with E-state index < -0.39 is 5.41 Å². The Balaban J connectivity index is 0.00000364. The lowest BCUT2D eigenvalue weighted by molar-refractivity contribution is -0.125. The van der Waals surface area contributed by atoms with Gasteiger partial charge in [-0.15, -0.1) is 12.4 Å². The van der Waals surface area contributed by atoms with E-state index in [1.165, 1.54) is 0 Å². The van der Waals surface area contributed by atoms with Crippen molar-refractivity contribution >= 4 is 29.9 Å². The molecule has 1 aromatic rings. The van der Waals surface area contributed by atoms with Gasteiger partial charge in [0.15, 0.2) is 0 Å². The van der Waals surface area contributed by atoms with E-state index in [1.807, 2.05) is 32.6 Å². The van der Waals surface area contributed by atoms with Gasteiger partial charge in [-0.05, 0) is 51.0 Å². The third kappa shape index (κ3) is 5.43. The van der Waals surface area contributed by atoms with Crippen LogP contribution >= 0.6 is 12.4 Å². The highest BCUT2D eigenvalue weighted by molar-refractivity contribution is 5.97. The average molecular weight is 398 g/mol. The number of carbonyl (C=O) groups is 2. The van der Waals surface area contributed by atoms with Gasteiger partial charge in [-0.2, -0.15) is 0 Å². The van der Waals surface area contributed by atoms with Crippen LogP contribution in [-0.4, -0.2) is 48.6 Å². The molecule has 2 amide bonds. The Morgan fingerprint density at radius 2 is 1.67 bits per heavy atom. The number of hydrogen-bond acceptors (Lipinski definition) is 4. The Labute approximate surface area is 168 Å². The summed E-state index contributed by atoms with van der Waals surface area (Å²) in [6, 6.07) is 7.05. The molecule has 27 heavy (non-hydrogen) atoms. The van der Waals surface area contributed by atoms with E-state index in [-0.39, 0.29) is 36.4 Å². The van der Waals surface area contributed by atoms with Gasteiger partial charge in [0, 0.05) is 30.9 Å². The van der Waals surface area contributed by atoms with Crippen molar-refractivity contribution in [2.45, 2.75) is 52.7 Å². The third-order valence-electron chi connectivity index (χ3n) is 5.32. The second kappa shape index (κ2) is 10.1. The van der Waals surface area contributed by atoms with Crippen LogP contribution in [0.4, 0.5) is 5.69 Å². The molecule has 1 saturated heterocycles. The van der Waals surface area contributed by atoms with Crippen molar-refractivity contribution in [3.8, 4) is 0 Å². The van der Waals surface area contributed by atoms with Crippen molar-refractivity contribution in [3.63, 3.8) is 0 Å². The predicted molar refractivity (Wildman–Crippen MR) is 110 cm³/mol. The SMILES string of the molecule is CCC(CC)(CN)C(=O)Nc1ccc(C(=O)N2CC(C)OC(C)C2)cc1.Cl. The van der Waals surface area contributed by atoms with E-state index in [0.717, 1.165) is 0 Å². The molecule has 1 fully saturated rings. The molecule has 152 valence electrons. The van der Waals surface area contributed by atoms with Crippen LogP contribution in [0.5, 0.6) is 0 Å². The first-order valence-electron chi connectivity index (χ1n) is 9.41. The van der Waals surface area contributed by atoms with Gasteiger partial charge in [0.25, 0.3) is 5.91 Å². The molecule has 0 aliphatic carbocycles. The minimum Gasteiger partial charge on any atom is -0.372 e. The highest BCUT2D eigenvalue weighted by atomic mass is 35.5. The largest absolute Gasteiger partial charge is 0.372 e. The molecule has 2 rings (SSSR count). The Bertz CT molecular complexity index is 614. The highest BCUT2D eigenvalue weighted by Crippen LogP contribution is 2.27. The van der Waals surface area contributed by atoms with Crippen LogP contribution in [-0.2, 0) is 9.53 Å². The van der Waals surface area contributed by atoms with Gasteiger partial charge in [-0.3, -0.25) is 9.59 Å². The Morgan fingerprint density at radius 3 is 2.11 bits per heavy atom. The fourth-order valence-corrected chi connectivity index (χ4v) is 3.44. The summed E-state index contributed by atoms with van der Waals surface area (Å²) in [6.07, 6.45) is 1.45. The zero-order chi connectivity index (χ0) is 19.3. The normalized spacial score (nSPS) is 20.0. The van der Waals surface area contributed by atoms with Gasteiger partial charge < -0.3 is 20.7 Å². The quantitative estimate of drug-likeness (QED) is 0.772. The fraction of sp³-hybridized carbons (Fsp3) is 0.600. The number of morpholine rings is 1. The van der Waals surface area contributed by atoms with Gasteiger partial charge >= 0.3 is 0 Å². The molecule has 3 N–H and O–H groups in total. The molecule has 1 aliphatic heterocycles. The number of amides is 2. The van der Waals surface area contributed by atoms with Crippen molar-refractivity contribution in [2.24, 2.45) is 11.1 Å². The molecule has 0 spiro atoms. The number of carbonyl (C=O) groups excluding carboxylic acids is 2. The molecule has 7 heteroatoms. The van der Waals surface area contributed by atoms with Crippen molar-refractivity contribution in [1.82, 2.24) is 4.90 Å². The number of anilines is 1. The fourth-order valence-electron chi connectivity index (χ4n) is 3.44. The van der Waals surface area contributed by atoms with Crippen molar-refractivity contribution in [2.75, 3.05) is 25.0 Å². The smallest absolute Gasteiger partial charge is 0.254 e. The molecule has 1 aromatic carbocycles. The summed E-state index contributed by atoms with van der Waals surface area (Å²) >= 11 is 0. The maximum atomic E-state index is 12.7. The molecule has 6 nitrogen and oxygen atoms in total. The predicted octanol–water partition coefficient (Wildman–Crippen LogP) is 3.06. The van der Waals surface area contributed by atoms with Gasteiger partial charge in [-0.1, -0.05) is 13.8 Å². The zero-order valence-corrected chi connectivity index (χ0v) is 17.5. The number of benzene rings is 1. The second-order valence-corrected chi connectivity index (χ2v) is 7.19. The van der Waals surface area contributed by atoms with E-state index in [9.17, 15) is 9.59 Å². The topological polar surface area (TPSA) is 84.7 Å². The van der Waals surface area contributed by atoms with Crippen LogP contribution in [0.3, 0.4) is 0 Å². The van der Waals surface area contributed by atoms with Crippen LogP contribution < -0.4 is 11.1 Å². The van der Waals surface area contributed by atoms with Crippen molar-refractivity contribution < 1.29 is 14.3 Å². The summed E-state index contributed by atoms with van der Waals surface area (Å²) in [7, 11) is 0. The average Bonchev–Trinajstić information content (AvgIpc) is 2.63. The van der Waals surface area contributed by atoms with Crippen molar-refractivity contribution in [1.29, 1.82) is 0 Å². The summed E-state index contributed by atoms with van der Waals surface area (Å²) in [5.41, 5.74) is 6.57. The lowest BCUT2D eigenvalue weighted by atomic mass is 9.81. The molecular formula is C20H32ClN3O3. The number of hydrogen-bond donors (Lipinski definition) is 2. The van der Waals surface area contributed by atoms with Crippen LogP contribution in [0.1, 0.15) is 50.9 Å². The number of nitrogens with one attached hydrogen (secondary N) is 1. The number of nitrogens with zero attached hydrogens (tertiary/aromatic N) is 1. The number of halogens is 1. The molecule has 0 radical (unpaired) electrons. The Kier molecular flexibility index (Phi) is 8.72. The van der Waals surface area contributed by atoms with Gasteiger partial charge in [-0.25, -0.2) is 0 Å². The molecule has 1 aliphatic rings. The van der Waals surface area contributed by atoms with Gasteiger partial charge in [0.2, 0.25) is 5.91 Å². The molecule has 2 atom stereocenters. The van der Waals surface area contributed by atoms with Crippen LogP contribution in [0, 0.1) is 5.41 Å². The van der Waals surface area contributed by atoms with Gasteiger partial charge in [0.05, 0.1) is 17.6 Å². The first-order chi connectivity index (χ1) is 12.3. The minimum atomic E-state index is -0.547. The van der Waals surface area contributed by atoms with E-state index >= 15 is 0 Å². The zero-order valence-electron chi connectivity index (χ0n) is 16.7. The van der Waals surface area contributed by atoms with E-state index in [1.54, 1.807) is 24.3 Å². The molecule has 2 unspecified atom stereocenters. The number of ether oxygens (including phenoxy) is 1. The molecule has 0 bridgehead atoms. The summed E-state index contributed by atoms with van der Waals surface area (Å²) in [5.74, 6) is -0.0804. The van der Waals surface area contributed by atoms with Crippen LogP contribution in [0.25, 0.3) is 0 Å².